The fourth-order valence-electron chi connectivity index (χ4n) is 3.86. The molecule has 0 N–H and O–H groups in total. The predicted molar refractivity (Wildman–Crippen MR) is 105 cm³/mol. The molecule has 0 saturated carbocycles. The van der Waals surface area contributed by atoms with Gasteiger partial charge in [-0.1, -0.05) is 24.3 Å². The summed E-state index contributed by atoms with van der Waals surface area (Å²) in [5, 5.41) is 4.28. The molecule has 3 heterocycles. The van der Waals surface area contributed by atoms with Gasteiger partial charge in [0.05, 0.1) is 17.2 Å². The number of likely N-dealkylation sites (tertiary alicyclic amines) is 1. The number of carbonyl (C=O) groups is 1. The highest BCUT2D eigenvalue weighted by Crippen LogP contribution is 2.30. The summed E-state index contributed by atoms with van der Waals surface area (Å²) in [5.41, 5.74) is 3.11. The van der Waals surface area contributed by atoms with Gasteiger partial charge in [-0.25, -0.2) is 9.67 Å². The number of para-hydroxylation sites is 3. The van der Waals surface area contributed by atoms with Crippen molar-refractivity contribution in [1.82, 2.24) is 19.7 Å². The molecule has 4 aromatic rings. The SMILES string of the molecule is O=C(c1ccccc1-n1cccn1)N1CCC[C@@H](c2nc3ccccc3o2)C1. The van der Waals surface area contributed by atoms with Gasteiger partial charge < -0.3 is 9.32 Å². The van der Waals surface area contributed by atoms with Crippen molar-refractivity contribution in [2.45, 2.75) is 18.8 Å². The number of oxazole rings is 1. The lowest BCUT2D eigenvalue weighted by molar-refractivity contribution is 0.0699. The molecule has 1 amide bonds. The van der Waals surface area contributed by atoms with Gasteiger partial charge in [0.15, 0.2) is 11.5 Å². The third-order valence-electron chi connectivity index (χ3n) is 5.25. The van der Waals surface area contributed by atoms with Gasteiger partial charge in [0.1, 0.15) is 5.52 Å². The van der Waals surface area contributed by atoms with E-state index < -0.39 is 0 Å². The van der Waals surface area contributed by atoms with Crippen LogP contribution in [-0.4, -0.2) is 38.7 Å². The van der Waals surface area contributed by atoms with Crippen LogP contribution in [0.15, 0.2) is 71.4 Å². The zero-order valence-corrected chi connectivity index (χ0v) is 15.4. The number of amides is 1. The van der Waals surface area contributed by atoms with Crippen LogP contribution < -0.4 is 0 Å². The smallest absolute Gasteiger partial charge is 0.256 e. The molecule has 28 heavy (non-hydrogen) atoms. The average Bonchev–Trinajstić information content (AvgIpc) is 3.43. The Morgan fingerprint density at radius 1 is 1.07 bits per heavy atom. The van der Waals surface area contributed by atoms with Crippen molar-refractivity contribution in [1.29, 1.82) is 0 Å². The van der Waals surface area contributed by atoms with Crippen LogP contribution in [-0.2, 0) is 0 Å². The minimum Gasteiger partial charge on any atom is -0.440 e. The third kappa shape index (κ3) is 2.97. The average molecular weight is 372 g/mol. The maximum absolute atomic E-state index is 13.3. The van der Waals surface area contributed by atoms with Crippen molar-refractivity contribution in [3.63, 3.8) is 0 Å². The van der Waals surface area contributed by atoms with Crippen LogP contribution >= 0.6 is 0 Å². The van der Waals surface area contributed by atoms with Gasteiger partial charge >= 0.3 is 0 Å². The number of aromatic nitrogens is 3. The van der Waals surface area contributed by atoms with Crippen molar-refractivity contribution in [3.05, 3.63) is 78.4 Å². The van der Waals surface area contributed by atoms with Crippen molar-refractivity contribution in [2.24, 2.45) is 0 Å². The molecule has 1 aliphatic rings. The number of piperidine rings is 1. The molecule has 0 spiro atoms. The van der Waals surface area contributed by atoms with Crippen LogP contribution in [0.25, 0.3) is 16.8 Å². The Hall–Kier alpha value is -3.41. The van der Waals surface area contributed by atoms with Gasteiger partial charge in [0.2, 0.25) is 0 Å². The molecule has 6 nitrogen and oxygen atoms in total. The molecule has 1 saturated heterocycles. The van der Waals surface area contributed by atoms with E-state index in [0.29, 0.717) is 12.1 Å². The lowest BCUT2D eigenvalue weighted by Crippen LogP contribution is -2.39. The van der Waals surface area contributed by atoms with Gasteiger partial charge in [0.25, 0.3) is 5.91 Å². The lowest BCUT2D eigenvalue weighted by Gasteiger charge is -2.31. The van der Waals surface area contributed by atoms with Crippen LogP contribution in [0.4, 0.5) is 0 Å². The maximum atomic E-state index is 13.3. The van der Waals surface area contributed by atoms with Gasteiger partial charge in [-0.2, -0.15) is 5.10 Å². The second kappa shape index (κ2) is 6.96. The topological polar surface area (TPSA) is 64.2 Å². The highest BCUT2D eigenvalue weighted by Gasteiger charge is 2.29. The zero-order chi connectivity index (χ0) is 18.9. The van der Waals surface area contributed by atoms with Crippen molar-refractivity contribution < 1.29 is 9.21 Å². The second-order valence-corrected chi connectivity index (χ2v) is 7.08. The fourth-order valence-corrected chi connectivity index (χ4v) is 3.86. The minimum absolute atomic E-state index is 0.0203. The molecule has 0 bridgehead atoms. The van der Waals surface area contributed by atoms with E-state index in [1.807, 2.05) is 65.7 Å². The van der Waals surface area contributed by atoms with Gasteiger partial charge in [-0.05, 0) is 43.2 Å². The number of hydrogen-bond donors (Lipinski definition) is 0. The summed E-state index contributed by atoms with van der Waals surface area (Å²) in [4.78, 5) is 19.8. The van der Waals surface area contributed by atoms with Crippen LogP contribution in [0, 0.1) is 0 Å². The van der Waals surface area contributed by atoms with Crippen molar-refractivity contribution in [3.8, 4) is 5.69 Å². The minimum atomic E-state index is 0.0203. The Morgan fingerprint density at radius 3 is 2.79 bits per heavy atom. The first-order valence-electron chi connectivity index (χ1n) is 9.53. The molecule has 0 aliphatic carbocycles. The Bertz CT molecular complexity index is 1080. The molecule has 1 atom stereocenters. The molecule has 140 valence electrons. The van der Waals surface area contributed by atoms with Crippen LogP contribution in [0.2, 0.25) is 0 Å². The van der Waals surface area contributed by atoms with E-state index in [2.05, 4.69) is 10.1 Å². The van der Waals surface area contributed by atoms with Crippen LogP contribution in [0.1, 0.15) is 35.0 Å². The molecule has 2 aromatic carbocycles. The van der Waals surface area contributed by atoms with E-state index in [1.165, 1.54) is 0 Å². The van der Waals surface area contributed by atoms with Crippen molar-refractivity contribution in [2.75, 3.05) is 13.1 Å². The maximum Gasteiger partial charge on any atom is 0.256 e. The molecule has 2 aromatic heterocycles. The molecule has 5 rings (SSSR count). The Labute approximate surface area is 162 Å². The van der Waals surface area contributed by atoms with E-state index >= 15 is 0 Å². The number of fused-ring (bicyclic) bond motifs is 1. The summed E-state index contributed by atoms with van der Waals surface area (Å²) in [6.07, 6.45) is 5.46. The fraction of sp³-hybridized carbons (Fsp3) is 0.227. The van der Waals surface area contributed by atoms with Crippen molar-refractivity contribution >= 4 is 17.0 Å². The van der Waals surface area contributed by atoms with Gasteiger partial charge in [-0.3, -0.25) is 4.79 Å². The first-order chi connectivity index (χ1) is 13.8. The molecule has 6 heteroatoms. The van der Waals surface area contributed by atoms with Gasteiger partial charge in [0, 0.05) is 25.5 Å². The normalized spacial score (nSPS) is 17.1. The first kappa shape index (κ1) is 16.7. The van der Waals surface area contributed by atoms with Gasteiger partial charge in [-0.15, -0.1) is 0 Å². The first-order valence-corrected chi connectivity index (χ1v) is 9.53. The molecule has 0 radical (unpaired) electrons. The Balaban J connectivity index is 1.42. The number of nitrogens with zero attached hydrogens (tertiary/aromatic N) is 4. The highest BCUT2D eigenvalue weighted by molar-refractivity contribution is 5.97. The van der Waals surface area contributed by atoms with Crippen LogP contribution in [0.5, 0.6) is 0 Å². The van der Waals surface area contributed by atoms with E-state index in [4.69, 9.17) is 4.42 Å². The monoisotopic (exact) mass is 372 g/mol. The quantitative estimate of drug-likeness (QED) is 0.545. The van der Waals surface area contributed by atoms with E-state index in [9.17, 15) is 4.79 Å². The predicted octanol–water partition coefficient (Wildman–Crippen LogP) is 4.03. The third-order valence-corrected chi connectivity index (χ3v) is 5.25. The summed E-state index contributed by atoms with van der Waals surface area (Å²) in [7, 11) is 0. The summed E-state index contributed by atoms with van der Waals surface area (Å²) in [6, 6.07) is 17.2. The standard InChI is InChI=1S/C22H20N4O2/c27-22(17-8-1-3-10-19(17)26-14-6-12-23-26)25-13-5-7-16(15-25)21-24-18-9-2-4-11-20(18)28-21/h1-4,6,8-12,14,16H,5,7,13,15H2/t16-/m1/s1. The molecule has 0 unspecified atom stereocenters. The molecule has 1 fully saturated rings. The summed E-state index contributed by atoms with van der Waals surface area (Å²) < 4.78 is 7.69. The van der Waals surface area contributed by atoms with E-state index in [1.54, 1.807) is 10.9 Å². The molecular weight excluding hydrogens is 352 g/mol. The number of benzene rings is 2. The molecule has 1 aliphatic heterocycles. The van der Waals surface area contributed by atoms with E-state index in [-0.39, 0.29) is 11.8 Å². The zero-order valence-electron chi connectivity index (χ0n) is 15.4. The summed E-state index contributed by atoms with van der Waals surface area (Å²) in [6.45, 7) is 1.35. The number of carbonyl (C=O) groups excluding carboxylic acids is 1. The van der Waals surface area contributed by atoms with E-state index in [0.717, 1.165) is 42.1 Å². The number of rotatable bonds is 3. The Morgan fingerprint density at radius 2 is 1.93 bits per heavy atom. The van der Waals surface area contributed by atoms with Crippen LogP contribution in [0.3, 0.4) is 0 Å². The second-order valence-electron chi connectivity index (χ2n) is 7.08. The number of hydrogen-bond acceptors (Lipinski definition) is 4. The summed E-state index contributed by atoms with van der Waals surface area (Å²) in [5.74, 6) is 0.855. The molecular formula is C22H20N4O2. The Kier molecular flexibility index (Phi) is 4.16. The summed E-state index contributed by atoms with van der Waals surface area (Å²) >= 11 is 0. The highest BCUT2D eigenvalue weighted by atomic mass is 16.3. The lowest BCUT2D eigenvalue weighted by atomic mass is 9.97. The largest absolute Gasteiger partial charge is 0.440 e.